The Balaban J connectivity index is 4.05. The monoisotopic (exact) mass is 538 g/mol. The summed E-state index contributed by atoms with van der Waals surface area (Å²) in [6.45, 7) is 2.49. The van der Waals surface area contributed by atoms with Gasteiger partial charge in [-0.1, -0.05) is 95.5 Å². The second-order valence-electron chi connectivity index (χ2n) is 10.2. The molecular formula is C28H50N4O6. The average molecular weight is 539 g/mol. The summed E-state index contributed by atoms with van der Waals surface area (Å²) in [5, 5.41) is 24.5. The summed E-state index contributed by atoms with van der Waals surface area (Å²) in [6, 6.07) is -1.09. The van der Waals surface area contributed by atoms with Crippen molar-refractivity contribution in [3.05, 3.63) is 10.4 Å². The number of rotatable bonds is 27. The highest BCUT2D eigenvalue weighted by Gasteiger charge is 2.24. The highest BCUT2D eigenvalue weighted by atomic mass is 16.4. The van der Waals surface area contributed by atoms with Crippen molar-refractivity contribution in [1.29, 1.82) is 0 Å². The molecule has 218 valence electrons. The van der Waals surface area contributed by atoms with E-state index in [1.807, 2.05) is 0 Å². The van der Waals surface area contributed by atoms with Gasteiger partial charge in [-0.25, -0.2) is 4.79 Å². The topological polar surface area (TPSA) is 170 Å². The number of ketones is 1. The minimum Gasteiger partial charge on any atom is -0.481 e. The van der Waals surface area contributed by atoms with Gasteiger partial charge in [0.05, 0.1) is 5.92 Å². The van der Waals surface area contributed by atoms with E-state index >= 15 is 0 Å². The van der Waals surface area contributed by atoms with Crippen LogP contribution in [0.5, 0.6) is 0 Å². The van der Waals surface area contributed by atoms with Crippen molar-refractivity contribution in [3.63, 3.8) is 0 Å². The Morgan fingerprint density at radius 1 is 0.737 bits per heavy atom. The first-order valence-electron chi connectivity index (χ1n) is 14.6. The van der Waals surface area contributed by atoms with Gasteiger partial charge in [0.1, 0.15) is 11.8 Å². The molecule has 2 atom stereocenters. The summed E-state index contributed by atoms with van der Waals surface area (Å²) in [4.78, 5) is 50.1. The Kier molecular flexibility index (Phi) is 23.0. The van der Waals surface area contributed by atoms with E-state index in [2.05, 4.69) is 22.3 Å². The molecule has 0 aromatic rings. The highest BCUT2D eigenvalue weighted by molar-refractivity contribution is 5.85. The van der Waals surface area contributed by atoms with Crippen molar-refractivity contribution in [1.82, 2.24) is 5.32 Å². The number of hydrogen-bond acceptors (Lipinski definition) is 5. The van der Waals surface area contributed by atoms with Crippen LogP contribution in [0.15, 0.2) is 5.11 Å². The molecule has 0 aliphatic carbocycles. The molecule has 0 aliphatic rings. The van der Waals surface area contributed by atoms with E-state index in [0.29, 0.717) is 19.3 Å². The van der Waals surface area contributed by atoms with E-state index in [9.17, 15) is 29.4 Å². The molecule has 10 heteroatoms. The number of unbranched alkanes of at least 4 members (excludes halogenated alkanes) is 13. The van der Waals surface area contributed by atoms with Gasteiger partial charge in [0.2, 0.25) is 5.91 Å². The van der Waals surface area contributed by atoms with Crippen molar-refractivity contribution in [2.24, 2.45) is 11.0 Å². The fraction of sp³-hybridized carbons (Fsp3) is 0.857. The molecule has 3 N–H and O–H groups in total. The van der Waals surface area contributed by atoms with Crippen molar-refractivity contribution in [2.45, 2.75) is 141 Å². The third-order valence-corrected chi connectivity index (χ3v) is 6.80. The highest BCUT2D eigenvalue weighted by Crippen LogP contribution is 2.17. The molecule has 0 aromatic carbocycles. The molecule has 0 spiro atoms. The van der Waals surface area contributed by atoms with Gasteiger partial charge in [0.25, 0.3) is 0 Å². The van der Waals surface area contributed by atoms with Gasteiger partial charge in [0.15, 0.2) is 0 Å². The first kappa shape index (κ1) is 35.4. The molecule has 0 aliphatic heterocycles. The lowest BCUT2D eigenvalue weighted by Gasteiger charge is -2.16. The molecule has 0 fully saturated rings. The van der Waals surface area contributed by atoms with E-state index in [-0.39, 0.29) is 38.0 Å². The van der Waals surface area contributed by atoms with E-state index in [0.717, 1.165) is 19.3 Å². The normalized spacial score (nSPS) is 12.3. The lowest BCUT2D eigenvalue weighted by Crippen LogP contribution is -2.41. The van der Waals surface area contributed by atoms with Gasteiger partial charge in [-0.2, -0.15) is 0 Å². The van der Waals surface area contributed by atoms with E-state index in [1.165, 1.54) is 64.2 Å². The number of amides is 1. The van der Waals surface area contributed by atoms with Gasteiger partial charge >= 0.3 is 11.9 Å². The van der Waals surface area contributed by atoms with Gasteiger partial charge in [-0.3, -0.25) is 14.4 Å². The molecule has 0 unspecified atom stereocenters. The fourth-order valence-corrected chi connectivity index (χ4v) is 4.43. The van der Waals surface area contributed by atoms with Crippen molar-refractivity contribution in [2.75, 3.05) is 6.54 Å². The lowest BCUT2D eigenvalue weighted by atomic mass is 9.94. The van der Waals surface area contributed by atoms with Crippen LogP contribution in [0.25, 0.3) is 10.4 Å². The number of carboxylic acids is 2. The van der Waals surface area contributed by atoms with Gasteiger partial charge in [0, 0.05) is 30.7 Å². The van der Waals surface area contributed by atoms with Crippen molar-refractivity contribution in [3.8, 4) is 0 Å². The molecule has 0 aromatic heterocycles. The maximum Gasteiger partial charge on any atom is 0.326 e. The van der Waals surface area contributed by atoms with Crippen LogP contribution in [0.4, 0.5) is 0 Å². The van der Waals surface area contributed by atoms with Gasteiger partial charge in [-0.05, 0) is 31.2 Å². The first-order valence-corrected chi connectivity index (χ1v) is 14.6. The second-order valence-corrected chi connectivity index (χ2v) is 10.2. The maximum atomic E-state index is 12.3. The molecule has 0 radical (unpaired) electrons. The lowest BCUT2D eigenvalue weighted by molar-refractivity contribution is -0.145. The summed E-state index contributed by atoms with van der Waals surface area (Å²) < 4.78 is 0. The van der Waals surface area contributed by atoms with Gasteiger partial charge < -0.3 is 15.5 Å². The number of carbonyl (C=O) groups is 4. The van der Waals surface area contributed by atoms with Crippen LogP contribution < -0.4 is 5.32 Å². The van der Waals surface area contributed by atoms with Crippen molar-refractivity contribution < 1.29 is 29.4 Å². The third kappa shape index (κ3) is 21.5. The Bertz CT molecular complexity index is 724. The Morgan fingerprint density at radius 3 is 1.79 bits per heavy atom. The second kappa shape index (κ2) is 24.7. The van der Waals surface area contributed by atoms with Crippen LogP contribution in [0, 0.1) is 5.92 Å². The Hall–Kier alpha value is -2.61. The molecule has 0 rings (SSSR count). The Morgan fingerprint density at radius 2 is 1.29 bits per heavy atom. The zero-order valence-electron chi connectivity index (χ0n) is 23.4. The van der Waals surface area contributed by atoms with Crippen LogP contribution in [0.3, 0.4) is 0 Å². The Labute approximate surface area is 228 Å². The zero-order chi connectivity index (χ0) is 28.4. The number of Topliss-reactive ketones (excluding diaryl/α,β-unsaturated/α-hetero) is 1. The summed E-state index contributed by atoms with van der Waals surface area (Å²) in [7, 11) is 0. The number of hydrogen-bond donors (Lipinski definition) is 3. The minimum atomic E-state index is -1.18. The van der Waals surface area contributed by atoms with Crippen LogP contribution in [-0.4, -0.2) is 46.4 Å². The SMILES string of the molecule is CCCCCCCCCCCCCCCC(=O)C[C@@H](CCC(=O)N[C@@H](CCCCN=[N+]=[N-])C(=O)O)C(=O)O. The van der Waals surface area contributed by atoms with Crippen LogP contribution in [0.2, 0.25) is 0 Å². The number of azide groups is 1. The zero-order valence-corrected chi connectivity index (χ0v) is 23.4. The molecular weight excluding hydrogens is 488 g/mol. The average Bonchev–Trinajstić information content (AvgIpc) is 2.88. The number of carbonyl (C=O) groups excluding carboxylic acids is 2. The molecule has 38 heavy (non-hydrogen) atoms. The number of nitrogens with one attached hydrogen (secondary N) is 1. The number of carboxylic acid groups (broad SMARTS) is 2. The third-order valence-electron chi connectivity index (χ3n) is 6.80. The maximum absolute atomic E-state index is 12.3. The predicted octanol–water partition coefficient (Wildman–Crippen LogP) is 6.96. The van der Waals surface area contributed by atoms with Gasteiger partial charge in [-0.15, -0.1) is 0 Å². The molecule has 0 saturated heterocycles. The predicted molar refractivity (Wildman–Crippen MR) is 148 cm³/mol. The standard InChI is InChI=1S/C28H50N4O6/c1-2-3-4-5-6-7-8-9-10-11-12-13-14-17-24(33)22-23(27(35)36)19-20-26(34)31-25(28(37)38)18-15-16-21-30-32-29/h23,25H,2-22H2,1H3,(H,31,34)(H,35,36)(H,37,38)/t23-,25+/m1/s1. The molecule has 0 saturated carbocycles. The molecule has 0 bridgehead atoms. The minimum absolute atomic E-state index is 0.0191. The first-order chi connectivity index (χ1) is 18.3. The van der Waals surface area contributed by atoms with E-state index < -0.39 is 29.8 Å². The fourth-order valence-electron chi connectivity index (χ4n) is 4.43. The molecule has 10 nitrogen and oxygen atoms in total. The molecule has 1 amide bonds. The van der Waals surface area contributed by atoms with Crippen LogP contribution in [-0.2, 0) is 19.2 Å². The summed E-state index contributed by atoms with van der Waals surface area (Å²) in [5.74, 6) is -3.91. The summed E-state index contributed by atoms with van der Waals surface area (Å²) in [5.41, 5.74) is 8.25. The number of aliphatic carboxylic acids is 2. The van der Waals surface area contributed by atoms with Crippen LogP contribution >= 0.6 is 0 Å². The smallest absolute Gasteiger partial charge is 0.326 e. The quantitative estimate of drug-likeness (QED) is 0.0441. The van der Waals surface area contributed by atoms with E-state index in [1.54, 1.807) is 0 Å². The largest absolute Gasteiger partial charge is 0.481 e. The summed E-state index contributed by atoms with van der Waals surface area (Å²) in [6.07, 6.45) is 17.0. The van der Waals surface area contributed by atoms with Crippen molar-refractivity contribution >= 4 is 23.6 Å². The van der Waals surface area contributed by atoms with E-state index in [4.69, 9.17) is 5.53 Å². The number of nitrogens with zero attached hydrogens (tertiary/aromatic N) is 3. The van der Waals surface area contributed by atoms with Crippen LogP contribution in [0.1, 0.15) is 135 Å². The summed E-state index contributed by atoms with van der Waals surface area (Å²) >= 11 is 0. The molecule has 0 heterocycles.